The van der Waals surface area contributed by atoms with E-state index in [9.17, 15) is 9.59 Å². The molecule has 4 nitrogen and oxygen atoms in total. The van der Waals surface area contributed by atoms with Crippen molar-refractivity contribution in [3.8, 4) is 0 Å². The van der Waals surface area contributed by atoms with Gasteiger partial charge in [0.1, 0.15) is 13.2 Å². The van der Waals surface area contributed by atoms with Crippen LogP contribution >= 0.6 is 0 Å². The zero-order valence-corrected chi connectivity index (χ0v) is 10.5. The van der Waals surface area contributed by atoms with Gasteiger partial charge in [0.25, 0.3) is 0 Å². The first-order valence-corrected chi connectivity index (χ1v) is 5.44. The van der Waals surface area contributed by atoms with Crippen molar-refractivity contribution in [3.05, 3.63) is 25.3 Å². The second kappa shape index (κ2) is 7.65. The van der Waals surface area contributed by atoms with Crippen LogP contribution in [-0.2, 0) is 19.1 Å². The Morgan fingerprint density at radius 3 is 1.59 bits per heavy atom. The van der Waals surface area contributed by atoms with Crippen molar-refractivity contribution >= 4 is 11.9 Å². The summed E-state index contributed by atoms with van der Waals surface area (Å²) in [5.41, 5.74) is -0.458. The molecule has 0 aromatic heterocycles. The molecular weight excluding hydrogens is 220 g/mol. The number of carbonyl (C=O) groups is 2. The molecular formula is C13H20O4. The number of hydrogen-bond donors (Lipinski definition) is 0. The van der Waals surface area contributed by atoms with Crippen molar-refractivity contribution in [2.24, 2.45) is 5.41 Å². The van der Waals surface area contributed by atoms with Crippen molar-refractivity contribution in [2.75, 3.05) is 13.2 Å². The third-order valence-corrected chi connectivity index (χ3v) is 2.32. The summed E-state index contributed by atoms with van der Waals surface area (Å²) in [6, 6.07) is 0. The van der Waals surface area contributed by atoms with Gasteiger partial charge >= 0.3 is 11.9 Å². The second-order valence-corrected chi connectivity index (χ2v) is 4.05. The summed E-state index contributed by atoms with van der Waals surface area (Å²) in [5, 5.41) is 0. The van der Waals surface area contributed by atoms with Crippen molar-refractivity contribution in [2.45, 2.75) is 26.7 Å². The highest BCUT2D eigenvalue weighted by atomic mass is 16.5. The predicted octanol–water partition coefficient (Wildman–Crippen LogP) is 2.25. The molecule has 0 radical (unpaired) electrons. The monoisotopic (exact) mass is 240 g/mol. The molecule has 0 N–H and O–H groups in total. The van der Waals surface area contributed by atoms with E-state index in [1.807, 2.05) is 0 Å². The SMILES string of the molecule is C=CCC(CC=C)(COC(C)=O)COC(C)=O. The van der Waals surface area contributed by atoms with Crippen LogP contribution in [0, 0.1) is 5.41 Å². The lowest BCUT2D eigenvalue weighted by Crippen LogP contribution is -2.33. The smallest absolute Gasteiger partial charge is 0.302 e. The molecule has 0 aromatic carbocycles. The van der Waals surface area contributed by atoms with Gasteiger partial charge < -0.3 is 9.47 Å². The maximum Gasteiger partial charge on any atom is 0.302 e. The van der Waals surface area contributed by atoms with Crippen LogP contribution in [0.4, 0.5) is 0 Å². The third kappa shape index (κ3) is 6.56. The first-order valence-electron chi connectivity index (χ1n) is 5.44. The van der Waals surface area contributed by atoms with E-state index in [0.717, 1.165) is 0 Å². The predicted molar refractivity (Wildman–Crippen MR) is 65.3 cm³/mol. The molecule has 0 spiro atoms. The van der Waals surface area contributed by atoms with Crippen molar-refractivity contribution in [1.29, 1.82) is 0 Å². The van der Waals surface area contributed by atoms with E-state index in [0.29, 0.717) is 12.8 Å². The summed E-state index contributed by atoms with van der Waals surface area (Å²) in [6.07, 6.45) is 4.60. The lowest BCUT2D eigenvalue weighted by molar-refractivity contribution is -0.151. The number of ether oxygens (including phenoxy) is 2. The topological polar surface area (TPSA) is 52.6 Å². The van der Waals surface area contributed by atoms with Crippen LogP contribution in [-0.4, -0.2) is 25.2 Å². The maximum absolute atomic E-state index is 10.9. The van der Waals surface area contributed by atoms with E-state index >= 15 is 0 Å². The average Bonchev–Trinajstić information content (AvgIpc) is 2.24. The molecule has 4 heteroatoms. The van der Waals surface area contributed by atoms with E-state index in [-0.39, 0.29) is 25.2 Å². The molecule has 0 heterocycles. The first kappa shape index (κ1) is 15.4. The van der Waals surface area contributed by atoms with Gasteiger partial charge in [0, 0.05) is 19.3 Å². The van der Waals surface area contributed by atoms with Crippen molar-refractivity contribution in [3.63, 3.8) is 0 Å². The third-order valence-electron chi connectivity index (χ3n) is 2.32. The van der Waals surface area contributed by atoms with E-state index in [1.54, 1.807) is 12.2 Å². The average molecular weight is 240 g/mol. The molecule has 17 heavy (non-hydrogen) atoms. The van der Waals surface area contributed by atoms with Gasteiger partial charge in [0.15, 0.2) is 0 Å². The Balaban J connectivity index is 4.68. The Labute approximate surface area is 102 Å². The zero-order chi connectivity index (χ0) is 13.3. The molecule has 0 unspecified atom stereocenters. The van der Waals surface area contributed by atoms with Crippen LogP contribution < -0.4 is 0 Å². The van der Waals surface area contributed by atoms with Crippen LogP contribution in [0.5, 0.6) is 0 Å². The fourth-order valence-electron chi connectivity index (χ4n) is 1.48. The molecule has 0 atom stereocenters. The highest BCUT2D eigenvalue weighted by Crippen LogP contribution is 2.29. The molecule has 0 amide bonds. The van der Waals surface area contributed by atoms with Gasteiger partial charge in [-0.05, 0) is 12.8 Å². The first-order chi connectivity index (χ1) is 7.95. The minimum absolute atomic E-state index is 0.188. The van der Waals surface area contributed by atoms with E-state index in [2.05, 4.69) is 13.2 Å². The molecule has 0 fully saturated rings. The number of esters is 2. The molecule has 0 aromatic rings. The van der Waals surface area contributed by atoms with Crippen LogP contribution in [0.15, 0.2) is 25.3 Å². The Hall–Kier alpha value is -1.58. The fourth-order valence-corrected chi connectivity index (χ4v) is 1.48. The summed E-state index contributed by atoms with van der Waals surface area (Å²) < 4.78 is 10.0. The van der Waals surface area contributed by atoms with E-state index < -0.39 is 5.41 Å². The normalized spacial score (nSPS) is 10.5. The second-order valence-electron chi connectivity index (χ2n) is 4.05. The standard InChI is InChI=1S/C13H20O4/c1-5-7-13(8-6-2,9-16-11(3)14)10-17-12(4)15/h5-6H,1-2,7-10H2,3-4H3. The molecule has 96 valence electrons. The van der Waals surface area contributed by atoms with Crippen LogP contribution in [0.2, 0.25) is 0 Å². The van der Waals surface area contributed by atoms with Gasteiger partial charge in [-0.3, -0.25) is 9.59 Å². The van der Waals surface area contributed by atoms with Crippen LogP contribution in [0.25, 0.3) is 0 Å². The number of rotatable bonds is 8. The van der Waals surface area contributed by atoms with Gasteiger partial charge in [0.05, 0.1) is 0 Å². The summed E-state index contributed by atoms with van der Waals surface area (Å²) in [5.74, 6) is -0.712. The Morgan fingerprint density at radius 2 is 1.35 bits per heavy atom. The highest BCUT2D eigenvalue weighted by molar-refractivity contribution is 5.66. The lowest BCUT2D eigenvalue weighted by atomic mass is 9.82. The fraction of sp³-hybridized carbons (Fsp3) is 0.538. The summed E-state index contributed by atoms with van der Waals surface area (Å²) in [6.45, 7) is 10.4. The van der Waals surface area contributed by atoms with Crippen molar-refractivity contribution < 1.29 is 19.1 Å². The number of allylic oxidation sites excluding steroid dienone is 2. The van der Waals surface area contributed by atoms with E-state index in [4.69, 9.17) is 9.47 Å². The molecule has 0 aliphatic carbocycles. The molecule has 0 aliphatic rings. The Kier molecular flexibility index (Phi) is 6.94. The van der Waals surface area contributed by atoms with Gasteiger partial charge in [-0.2, -0.15) is 0 Å². The zero-order valence-electron chi connectivity index (χ0n) is 10.5. The van der Waals surface area contributed by atoms with Gasteiger partial charge in [0.2, 0.25) is 0 Å². The minimum Gasteiger partial charge on any atom is -0.465 e. The van der Waals surface area contributed by atoms with Gasteiger partial charge in [-0.25, -0.2) is 0 Å². The van der Waals surface area contributed by atoms with Crippen molar-refractivity contribution in [1.82, 2.24) is 0 Å². The summed E-state index contributed by atoms with van der Waals surface area (Å²) >= 11 is 0. The lowest BCUT2D eigenvalue weighted by Gasteiger charge is -2.30. The highest BCUT2D eigenvalue weighted by Gasteiger charge is 2.30. The van der Waals surface area contributed by atoms with E-state index in [1.165, 1.54) is 13.8 Å². The van der Waals surface area contributed by atoms with Gasteiger partial charge in [-0.15, -0.1) is 13.2 Å². The molecule has 0 rings (SSSR count). The Morgan fingerprint density at radius 1 is 1.00 bits per heavy atom. The maximum atomic E-state index is 10.9. The van der Waals surface area contributed by atoms with Crippen LogP contribution in [0.3, 0.4) is 0 Å². The molecule has 0 aliphatic heterocycles. The number of hydrogen-bond acceptors (Lipinski definition) is 4. The summed E-state index contributed by atoms with van der Waals surface area (Å²) in [4.78, 5) is 21.7. The quantitative estimate of drug-likeness (QED) is 0.482. The van der Waals surface area contributed by atoms with Gasteiger partial charge in [-0.1, -0.05) is 12.2 Å². The minimum atomic E-state index is -0.458. The summed E-state index contributed by atoms with van der Waals surface area (Å²) in [7, 11) is 0. The largest absolute Gasteiger partial charge is 0.465 e. The van der Waals surface area contributed by atoms with Crippen LogP contribution in [0.1, 0.15) is 26.7 Å². The molecule has 0 bridgehead atoms. The molecule has 0 saturated carbocycles. The molecule has 0 saturated heterocycles. The Bertz CT molecular complexity index is 264. The number of carbonyl (C=O) groups excluding carboxylic acids is 2.